The minimum absolute atomic E-state index is 0.0643. The maximum absolute atomic E-state index is 13.9. The molecule has 1 fully saturated rings. The fourth-order valence-electron chi connectivity index (χ4n) is 3.73. The number of halogens is 4. The second kappa shape index (κ2) is 8.97. The van der Waals surface area contributed by atoms with Gasteiger partial charge in [0, 0.05) is 25.1 Å². The molecule has 0 aliphatic carbocycles. The third-order valence-electron chi connectivity index (χ3n) is 5.19. The van der Waals surface area contributed by atoms with E-state index in [0.717, 1.165) is 25.0 Å². The minimum Gasteiger partial charge on any atom is -0.406 e. The summed E-state index contributed by atoms with van der Waals surface area (Å²) >= 11 is 0. The molecule has 2 aromatic carbocycles. The normalized spacial score (nSPS) is 16.8. The van der Waals surface area contributed by atoms with Crippen LogP contribution in [-0.4, -0.2) is 40.4 Å². The van der Waals surface area contributed by atoms with Gasteiger partial charge in [0.15, 0.2) is 0 Å². The zero-order valence-electron chi connectivity index (χ0n) is 16.8. The maximum atomic E-state index is 13.9. The van der Waals surface area contributed by atoms with Crippen LogP contribution in [0, 0.1) is 11.7 Å². The molecular formula is C22H19F4N3O3. The summed E-state index contributed by atoms with van der Waals surface area (Å²) in [6.07, 6.45) is -2.74. The second-order valence-corrected chi connectivity index (χ2v) is 7.53. The van der Waals surface area contributed by atoms with Crippen molar-refractivity contribution < 1.29 is 31.6 Å². The summed E-state index contributed by atoms with van der Waals surface area (Å²) in [5, 5.41) is 3.85. The smallest absolute Gasteiger partial charge is 0.406 e. The summed E-state index contributed by atoms with van der Waals surface area (Å²) in [6, 6.07) is 11.0. The van der Waals surface area contributed by atoms with E-state index in [9.17, 15) is 22.4 Å². The maximum Gasteiger partial charge on any atom is 0.573 e. The van der Waals surface area contributed by atoms with Crippen LogP contribution >= 0.6 is 0 Å². The summed E-state index contributed by atoms with van der Waals surface area (Å²) in [5.74, 6) is -0.506. The van der Waals surface area contributed by atoms with Gasteiger partial charge in [0.2, 0.25) is 11.7 Å². The second-order valence-electron chi connectivity index (χ2n) is 7.53. The Balaban J connectivity index is 1.38. The van der Waals surface area contributed by atoms with E-state index in [-0.39, 0.29) is 34.5 Å². The SMILES string of the molecule is O=C(c1ccc(OC(F)(F)F)cc1)N1CCC[C@@H](Cc2nc(-c3ccccc3F)no2)C1. The van der Waals surface area contributed by atoms with E-state index in [4.69, 9.17) is 4.52 Å². The van der Waals surface area contributed by atoms with E-state index in [1.165, 1.54) is 18.2 Å². The predicted molar refractivity (Wildman–Crippen MR) is 105 cm³/mol. The number of rotatable bonds is 5. The molecule has 0 unspecified atom stereocenters. The van der Waals surface area contributed by atoms with Gasteiger partial charge in [0.1, 0.15) is 11.6 Å². The first-order valence-corrected chi connectivity index (χ1v) is 10.0. The van der Waals surface area contributed by atoms with Gasteiger partial charge >= 0.3 is 6.36 Å². The molecule has 1 aliphatic rings. The summed E-state index contributed by atoms with van der Waals surface area (Å²) in [5.41, 5.74) is 0.528. The molecule has 168 valence electrons. The van der Waals surface area contributed by atoms with E-state index < -0.39 is 12.2 Å². The number of nitrogens with zero attached hydrogens (tertiary/aromatic N) is 3. The van der Waals surface area contributed by atoms with Crippen molar-refractivity contribution in [2.75, 3.05) is 13.1 Å². The van der Waals surface area contributed by atoms with E-state index >= 15 is 0 Å². The third-order valence-corrected chi connectivity index (χ3v) is 5.19. The number of carbonyl (C=O) groups is 1. The molecule has 0 radical (unpaired) electrons. The number of aromatic nitrogens is 2. The molecule has 10 heteroatoms. The topological polar surface area (TPSA) is 68.5 Å². The molecule has 1 aliphatic heterocycles. The number of likely N-dealkylation sites (tertiary alicyclic amines) is 1. The Morgan fingerprint density at radius 1 is 1.16 bits per heavy atom. The highest BCUT2D eigenvalue weighted by molar-refractivity contribution is 5.94. The predicted octanol–water partition coefficient (Wildman–Crippen LogP) is 4.87. The molecule has 1 amide bonds. The van der Waals surface area contributed by atoms with Crippen LogP contribution in [-0.2, 0) is 6.42 Å². The van der Waals surface area contributed by atoms with Crippen molar-refractivity contribution in [2.45, 2.75) is 25.6 Å². The first-order chi connectivity index (χ1) is 15.3. The van der Waals surface area contributed by atoms with Gasteiger partial charge in [-0.3, -0.25) is 4.79 Å². The number of alkyl halides is 3. The molecule has 2 heterocycles. The molecule has 32 heavy (non-hydrogen) atoms. The van der Waals surface area contributed by atoms with Crippen LogP contribution in [0.15, 0.2) is 53.1 Å². The van der Waals surface area contributed by atoms with Crippen LogP contribution in [0.5, 0.6) is 5.75 Å². The lowest BCUT2D eigenvalue weighted by atomic mass is 9.94. The fourth-order valence-corrected chi connectivity index (χ4v) is 3.73. The van der Waals surface area contributed by atoms with E-state index in [2.05, 4.69) is 14.9 Å². The van der Waals surface area contributed by atoms with Crippen LogP contribution in [0.2, 0.25) is 0 Å². The molecule has 1 aromatic heterocycles. The molecule has 6 nitrogen and oxygen atoms in total. The number of amides is 1. The number of ether oxygens (including phenoxy) is 1. The highest BCUT2D eigenvalue weighted by atomic mass is 19.4. The highest BCUT2D eigenvalue weighted by Crippen LogP contribution is 2.26. The van der Waals surface area contributed by atoms with Crippen LogP contribution < -0.4 is 4.74 Å². The third kappa shape index (κ3) is 5.24. The molecule has 0 spiro atoms. The zero-order valence-corrected chi connectivity index (χ0v) is 16.8. The molecule has 1 atom stereocenters. The monoisotopic (exact) mass is 449 g/mol. The van der Waals surface area contributed by atoms with Crippen molar-refractivity contribution >= 4 is 5.91 Å². The standard InChI is InChI=1S/C22H19F4N3O3/c23-18-6-2-1-5-17(18)20-27-19(32-28-20)12-14-4-3-11-29(13-14)21(30)15-7-9-16(10-8-15)31-22(24,25)26/h1-2,5-10,14H,3-4,11-13H2/t14-/m0/s1. The lowest BCUT2D eigenvalue weighted by Crippen LogP contribution is -2.40. The van der Waals surface area contributed by atoms with Crippen molar-refractivity contribution in [1.82, 2.24) is 15.0 Å². The number of hydrogen-bond acceptors (Lipinski definition) is 5. The largest absolute Gasteiger partial charge is 0.573 e. The molecule has 0 N–H and O–H groups in total. The molecular weight excluding hydrogens is 430 g/mol. The first kappa shape index (κ1) is 21.8. The van der Waals surface area contributed by atoms with Crippen LogP contribution in [0.4, 0.5) is 17.6 Å². The summed E-state index contributed by atoms with van der Waals surface area (Å²) in [7, 11) is 0. The summed E-state index contributed by atoms with van der Waals surface area (Å²) in [6.45, 7) is 0.984. The van der Waals surface area contributed by atoms with Crippen LogP contribution in [0.25, 0.3) is 11.4 Å². The number of carbonyl (C=O) groups excluding carboxylic acids is 1. The summed E-state index contributed by atoms with van der Waals surface area (Å²) in [4.78, 5) is 18.7. The minimum atomic E-state index is -4.79. The highest BCUT2D eigenvalue weighted by Gasteiger charge is 2.31. The fraction of sp³-hybridized carbons (Fsp3) is 0.318. The molecule has 4 rings (SSSR count). The van der Waals surface area contributed by atoms with Crippen molar-refractivity contribution in [2.24, 2.45) is 5.92 Å². The summed E-state index contributed by atoms with van der Waals surface area (Å²) < 4.78 is 59.9. The van der Waals surface area contributed by atoms with Gasteiger partial charge in [0.05, 0.1) is 5.56 Å². The van der Waals surface area contributed by atoms with Gasteiger partial charge in [-0.2, -0.15) is 4.98 Å². The number of benzene rings is 2. The molecule has 1 saturated heterocycles. The van der Waals surface area contributed by atoms with Gasteiger partial charge in [0.25, 0.3) is 5.91 Å². The van der Waals surface area contributed by atoms with Crippen molar-refractivity contribution in [3.63, 3.8) is 0 Å². The lowest BCUT2D eigenvalue weighted by Gasteiger charge is -2.32. The number of piperidine rings is 1. The Morgan fingerprint density at radius 2 is 1.91 bits per heavy atom. The van der Waals surface area contributed by atoms with Gasteiger partial charge in [-0.15, -0.1) is 13.2 Å². The molecule has 0 saturated carbocycles. The van der Waals surface area contributed by atoms with Crippen molar-refractivity contribution in [3.05, 3.63) is 65.8 Å². The number of hydrogen-bond donors (Lipinski definition) is 0. The molecule has 3 aromatic rings. The quantitative estimate of drug-likeness (QED) is 0.520. The lowest BCUT2D eigenvalue weighted by molar-refractivity contribution is -0.274. The van der Waals surface area contributed by atoms with Crippen molar-refractivity contribution in [1.29, 1.82) is 0 Å². The zero-order chi connectivity index (χ0) is 22.7. The Morgan fingerprint density at radius 3 is 2.62 bits per heavy atom. The first-order valence-electron chi connectivity index (χ1n) is 10.0. The van der Waals surface area contributed by atoms with Gasteiger partial charge < -0.3 is 14.2 Å². The molecule has 0 bridgehead atoms. The Labute approximate surface area is 180 Å². The van der Waals surface area contributed by atoms with Gasteiger partial charge in [-0.1, -0.05) is 17.3 Å². The van der Waals surface area contributed by atoms with Gasteiger partial charge in [-0.05, 0) is 55.2 Å². The Bertz CT molecular complexity index is 1080. The van der Waals surface area contributed by atoms with Crippen LogP contribution in [0.1, 0.15) is 29.1 Å². The Hall–Kier alpha value is -3.43. The van der Waals surface area contributed by atoms with Gasteiger partial charge in [-0.25, -0.2) is 4.39 Å². The van der Waals surface area contributed by atoms with E-state index in [1.807, 2.05) is 0 Å². The average Bonchev–Trinajstić information content (AvgIpc) is 3.21. The van der Waals surface area contributed by atoms with Crippen molar-refractivity contribution in [3.8, 4) is 17.1 Å². The average molecular weight is 449 g/mol. The van der Waals surface area contributed by atoms with Crippen LogP contribution in [0.3, 0.4) is 0 Å². The van der Waals surface area contributed by atoms with E-state index in [0.29, 0.717) is 25.4 Å². The van der Waals surface area contributed by atoms with E-state index in [1.54, 1.807) is 23.1 Å². The Kier molecular flexibility index (Phi) is 6.11.